The van der Waals surface area contributed by atoms with E-state index in [-0.39, 0.29) is 18.5 Å². The number of ether oxygens (including phenoxy) is 1. The number of rotatable bonds is 78. The lowest BCUT2D eigenvalue weighted by Crippen LogP contribution is -2.45. The lowest BCUT2D eigenvalue weighted by Gasteiger charge is -2.22. The molecule has 2 atom stereocenters. The van der Waals surface area contributed by atoms with Gasteiger partial charge in [0, 0.05) is 12.8 Å². The number of nitrogens with one attached hydrogen (secondary N) is 1. The minimum atomic E-state index is -0.662. The van der Waals surface area contributed by atoms with Gasteiger partial charge in [0.2, 0.25) is 5.91 Å². The molecular formula is C82H161NO5. The van der Waals surface area contributed by atoms with Crippen LogP contribution in [0.3, 0.4) is 0 Å². The van der Waals surface area contributed by atoms with Crippen LogP contribution in [-0.2, 0) is 14.3 Å². The van der Waals surface area contributed by atoms with Crippen molar-refractivity contribution < 1.29 is 24.5 Å². The average molecular weight is 1240 g/mol. The van der Waals surface area contributed by atoms with Crippen LogP contribution in [-0.4, -0.2) is 47.4 Å². The number of hydrogen-bond donors (Lipinski definition) is 3. The Hall–Kier alpha value is -1.40. The molecule has 6 nitrogen and oxygen atoms in total. The van der Waals surface area contributed by atoms with E-state index in [4.69, 9.17) is 4.74 Å². The lowest BCUT2D eigenvalue weighted by molar-refractivity contribution is -0.143. The van der Waals surface area contributed by atoms with E-state index < -0.39 is 12.1 Å². The fourth-order valence-corrected chi connectivity index (χ4v) is 13.3. The Bertz CT molecular complexity index is 1340. The van der Waals surface area contributed by atoms with Crippen molar-refractivity contribution in [2.45, 2.75) is 488 Å². The molecule has 0 aromatic carbocycles. The highest BCUT2D eigenvalue weighted by Crippen LogP contribution is 2.21. The van der Waals surface area contributed by atoms with Crippen LogP contribution >= 0.6 is 0 Å². The summed E-state index contributed by atoms with van der Waals surface area (Å²) in [5.41, 5.74) is 0. The standard InChI is InChI=1S/C82H161NO5/c1-3-5-7-9-11-13-15-17-19-20-21-22-23-34-37-40-43-47-50-54-58-62-66-70-74-80(85)79(78-84)83-81(86)75-71-67-63-59-55-51-48-44-41-38-35-32-30-28-26-24-25-27-29-31-33-36-39-42-45-49-53-57-61-65-69-73-77-88-82(87)76-72-68-64-60-56-52-46-18-16-14-12-10-8-6-4-2/h18,46,79-80,84-85H,3-17,19-45,47-78H2,1-2H3,(H,83,86)/b46-18-. The number of hydrogen-bond acceptors (Lipinski definition) is 5. The second-order valence-electron chi connectivity index (χ2n) is 28.5. The molecule has 0 fully saturated rings. The fourth-order valence-electron chi connectivity index (χ4n) is 13.3. The van der Waals surface area contributed by atoms with Gasteiger partial charge in [-0.05, 0) is 51.4 Å². The van der Waals surface area contributed by atoms with Gasteiger partial charge in [-0.25, -0.2) is 0 Å². The topological polar surface area (TPSA) is 95.9 Å². The maximum Gasteiger partial charge on any atom is 0.305 e. The summed E-state index contributed by atoms with van der Waals surface area (Å²) in [6.45, 7) is 5.01. The van der Waals surface area contributed by atoms with Crippen LogP contribution in [0.15, 0.2) is 12.2 Å². The highest BCUT2D eigenvalue weighted by atomic mass is 16.5. The van der Waals surface area contributed by atoms with Gasteiger partial charge in [0.15, 0.2) is 0 Å². The molecule has 6 heteroatoms. The summed E-state index contributed by atoms with van der Waals surface area (Å²) in [6.07, 6.45) is 98.9. The van der Waals surface area contributed by atoms with Gasteiger partial charge in [-0.2, -0.15) is 0 Å². The van der Waals surface area contributed by atoms with Gasteiger partial charge in [-0.1, -0.05) is 424 Å². The number of carbonyl (C=O) groups excluding carboxylic acids is 2. The van der Waals surface area contributed by atoms with Crippen molar-refractivity contribution in [1.82, 2.24) is 5.32 Å². The Morgan fingerprint density at radius 1 is 0.307 bits per heavy atom. The zero-order chi connectivity index (χ0) is 63.5. The average Bonchev–Trinajstić information content (AvgIpc) is 3.59. The predicted octanol–water partition coefficient (Wildman–Crippen LogP) is 27.1. The molecule has 0 radical (unpaired) electrons. The maximum absolute atomic E-state index is 12.6. The minimum absolute atomic E-state index is 0.0146. The van der Waals surface area contributed by atoms with Gasteiger partial charge in [-0.3, -0.25) is 9.59 Å². The zero-order valence-electron chi connectivity index (χ0n) is 60.3. The molecule has 0 aromatic rings. The van der Waals surface area contributed by atoms with Crippen LogP contribution in [0.5, 0.6) is 0 Å². The molecule has 0 aliphatic carbocycles. The van der Waals surface area contributed by atoms with Crippen LogP contribution in [0, 0.1) is 0 Å². The second-order valence-corrected chi connectivity index (χ2v) is 28.5. The summed E-state index contributed by atoms with van der Waals surface area (Å²) in [5, 5.41) is 23.5. The fraction of sp³-hybridized carbons (Fsp3) is 0.951. The van der Waals surface area contributed by atoms with Gasteiger partial charge < -0.3 is 20.3 Å². The monoisotopic (exact) mass is 1240 g/mol. The largest absolute Gasteiger partial charge is 0.466 e. The number of esters is 1. The Labute approximate surface area is 552 Å². The third kappa shape index (κ3) is 73.6. The summed E-state index contributed by atoms with van der Waals surface area (Å²) in [7, 11) is 0. The van der Waals surface area contributed by atoms with Gasteiger partial charge >= 0.3 is 5.97 Å². The number of unbranched alkanes of at least 4 members (excludes halogenated alkanes) is 65. The number of carbonyl (C=O) groups is 2. The molecule has 0 rings (SSSR count). The van der Waals surface area contributed by atoms with Crippen molar-refractivity contribution in [2.75, 3.05) is 13.2 Å². The van der Waals surface area contributed by atoms with Crippen molar-refractivity contribution >= 4 is 11.9 Å². The molecule has 0 spiro atoms. The Kier molecular flexibility index (Phi) is 76.8. The third-order valence-electron chi connectivity index (χ3n) is 19.6. The maximum atomic E-state index is 12.6. The van der Waals surface area contributed by atoms with Crippen LogP contribution in [0.25, 0.3) is 0 Å². The van der Waals surface area contributed by atoms with Crippen molar-refractivity contribution in [3.05, 3.63) is 12.2 Å². The van der Waals surface area contributed by atoms with Gasteiger partial charge in [-0.15, -0.1) is 0 Å². The first-order valence-electron chi connectivity index (χ1n) is 40.9. The summed E-state index contributed by atoms with van der Waals surface area (Å²) >= 11 is 0. The molecular weight excluding hydrogens is 1080 g/mol. The van der Waals surface area contributed by atoms with Crippen molar-refractivity contribution in [1.29, 1.82) is 0 Å². The van der Waals surface area contributed by atoms with Crippen molar-refractivity contribution in [2.24, 2.45) is 0 Å². The first-order chi connectivity index (χ1) is 43.5. The highest BCUT2D eigenvalue weighted by molar-refractivity contribution is 5.76. The molecule has 0 aliphatic heterocycles. The molecule has 1 amide bonds. The lowest BCUT2D eigenvalue weighted by atomic mass is 10.0. The Morgan fingerprint density at radius 2 is 0.534 bits per heavy atom. The smallest absolute Gasteiger partial charge is 0.305 e. The number of aliphatic hydroxyl groups excluding tert-OH is 2. The van der Waals surface area contributed by atoms with Gasteiger partial charge in [0.1, 0.15) is 0 Å². The van der Waals surface area contributed by atoms with E-state index in [1.54, 1.807) is 0 Å². The van der Waals surface area contributed by atoms with E-state index >= 15 is 0 Å². The van der Waals surface area contributed by atoms with E-state index in [2.05, 4.69) is 31.3 Å². The molecule has 0 aliphatic rings. The first-order valence-corrected chi connectivity index (χ1v) is 40.9. The number of allylic oxidation sites excluding steroid dienone is 2. The Morgan fingerprint density at radius 3 is 0.807 bits per heavy atom. The van der Waals surface area contributed by atoms with E-state index in [0.29, 0.717) is 25.9 Å². The van der Waals surface area contributed by atoms with Crippen molar-refractivity contribution in [3.63, 3.8) is 0 Å². The molecule has 2 unspecified atom stereocenters. The summed E-state index contributed by atoms with van der Waals surface area (Å²) < 4.78 is 5.50. The third-order valence-corrected chi connectivity index (χ3v) is 19.6. The minimum Gasteiger partial charge on any atom is -0.466 e. The number of aliphatic hydroxyl groups is 2. The summed E-state index contributed by atoms with van der Waals surface area (Å²) in [6, 6.07) is -0.539. The summed E-state index contributed by atoms with van der Waals surface area (Å²) in [4.78, 5) is 24.7. The van der Waals surface area contributed by atoms with Crippen molar-refractivity contribution in [3.8, 4) is 0 Å². The molecule has 0 aromatic heterocycles. The summed E-state index contributed by atoms with van der Waals surface area (Å²) in [5.74, 6) is -0.00947. The molecule has 3 N–H and O–H groups in total. The second kappa shape index (κ2) is 78.0. The number of amides is 1. The normalized spacial score (nSPS) is 12.5. The molecule has 0 saturated carbocycles. The van der Waals surface area contributed by atoms with Gasteiger partial charge in [0.25, 0.3) is 0 Å². The molecule has 524 valence electrons. The zero-order valence-corrected chi connectivity index (χ0v) is 60.3. The van der Waals surface area contributed by atoms with E-state index in [1.165, 1.54) is 398 Å². The van der Waals surface area contributed by atoms with Gasteiger partial charge in [0.05, 0.1) is 25.4 Å². The molecule has 88 heavy (non-hydrogen) atoms. The van der Waals surface area contributed by atoms with Crippen LogP contribution in [0.1, 0.15) is 476 Å². The predicted molar refractivity (Wildman–Crippen MR) is 389 cm³/mol. The molecule has 0 saturated heterocycles. The van der Waals surface area contributed by atoms with Crippen LogP contribution in [0.4, 0.5) is 0 Å². The van der Waals surface area contributed by atoms with E-state index in [9.17, 15) is 19.8 Å². The quantitative estimate of drug-likeness (QED) is 0.0320. The molecule has 0 bridgehead atoms. The highest BCUT2D eigenvalue weighted by Gasteiger charge is 2.20. The van der Waals surface area contributed by atoms with Crippen LogP contribution < -0.4 is 5.32 Å². The van der Waals surface area contributed by atoms with E-state index in [0.717, 1.165) is 44.9 Å². The van der Waals surface area contributed by atoms with Crippen LogP contribution in [0.2, 0.25) is 0 Å². The van der Waals surface area contributed by atoms with E-state index in [1.807, 2.05) is 0 Å². The SMILES string of the molecule is CCCCCCCC/C=C\CCCCCCCC(=O)OCCCCCCCCCCCCCCCCCCCCCCCCCCCCCCCCCCC(=O)NC(CO)C(O)CCCCCCCCCCCCCCCCCCCCCCCCCC. The Balaban J connectivity index is 3.32. The molecule has 0 heterocycles. The first kappa shape index (κ1) is 86.6.